The van der Waals surface area contributed by atoms with E-state index in [1.165, 1.54) is 19.3 Å². The van der Waals surface area contributed by atoms with Crippen LogP contribution in [0.3, 0.4) is 0 Å². The SMILES string of the molecule is CNc1cc(NC2(C)CCC2)nc(C)n1. The zero-order valence-corrected chi connectivity index (χ0v) is 9.59. The summed E-state index contributed by atoms with van der Waals surface area (Å²) in [6, 6.07) is 1.95. The minimum Gasteiger partial charge on any atom is -0.373 e. The predicted molar refractivity (Wildman–Crippen MR) is 62.2 cm³/mol. The van der Waals surface area contributed by atoms with Gasteiger partial charge in [-0.15, -0.1) is 0 Å². The molecule has 1 aromatic rings. The molecule has 1 aromatic heterocycles. The molecule has 0 unspecified atom stereocenters. The molecule has 1 fully saturated rings. The van der Waals surface area contributed by atoms with Crippen LogP contribution in [-0.4, -0.2) is 22.6 Å². The van der Waals surface area contributed by atoms with Crippen molar-refractivity contribution < 1.29 is 0 Å². The second kappa shape index (κ2) is 3.68. The van der Waals surface area contributed by atoms with Crippen molar-refractivity contribution in [1.29, 1.82) is 0 Å². The number of rotatable bonds is 3. The van der Waals surface area contributed by atoms with Gasteiger partial charge in [-0.1, -0.05) is 0 Å². The second-order valence-electron chi connectivity index (χ2n) is 4.47. The van der Waals surface area contributed by atoms with Gasteiger partial charge >= 0.3 is 0 Å². The summed E-state index contributed by atoms with van der Waals surface area (Å²) in [5.41, 5.74) is 0.242. The van der Waals surface area contributed by atoms with Gasteiger partial charge in [0.1, 0.15) is 17.5 Å². The van der Waals surface area contributed by atoms with E-state index in [-0.39, 0.29) is 5.54 Å². The maximum absolute atomic E-state index is 4.39. The monoisotopic (exact) mass is 206 g/mol. The maximum Gasteiger partial charge on any atom is 0.132 e. The van der Waals surface area contributed by atoms with E-state index in [0.29, 0.717) is 0 Å². The number of hydrogen-bond donors (Lipinski definition) is 2. The molecule has 0 bridgehead atoms. The van der Waals surface area contributed by atoms with Crippen molar-refractivity contribution in [2.75, 3.05) is 17.7 Å². The van der Waals surface area contributed by atoms with E-state index in [0.717, 1.165) is 17.5 Å². The molecule has 0 aliphatic heterocycles. The molecule has 4 heteroatoms. The average molecular weight is 206 g/mol. The lowest BCUT2D eigenvalue weighted by Gasteiger charge is -2.39. The van der Waals surface area contributed by atoms with Gasteiger partial charge in [0.25, 0.3) is 0 Å². The number of anilines is 2. The number of aromatic nitrogens is 2. The highest BCUT2D eigenvalue weighted by molar-refractivity contribution is 5.48. The molecule has 2 rings (SSSR count). The predicted octanol–water partition coefficient (Wildman–Crippen LogP) is 2.18. The minimum atomic E-state index is 0.242. The molecule has 1 heterocycles. The van der Waals surface area contributed by atoms with Gasteiger partial charge < -0.3 is 10.6 Å². The topological polar surface area (TPSA) is 49.8 Å². The van der Waals surface area contributed by atoms with E-state index in [4.69, 9.17) is 0 Å². The van der Waals surface area contributed by atoms with Crippen LogP contribution in [0.5, 0.6) is 0 Å². The summed E-state index contributed by atoms with van der Waals surface area (Å²) < 4.78 is 0. The highest BCUT2D eigenvalue weighted by atomic mass is 15.1. The molecule has 0 aromatic carbocycles. The molecule has 1 saturated carbocycles. The summed E-state index contributed by atoms with van der Waals surface area (Å²) in [7, 11) is 1.87. The largest absolute Gasteiger partial charge is 0.373 e. The van der Waals surface area contributed by atoms with Gasteiger partial charge in [0.05, 0.1) is 0 Å². The van der Waals surface area contributed by atoms with Crippen LogP contribution in [0, 0.1) is 6.92 Å². The fraction of sp³-hybridized carbons (Fsp3) is 0.636. The minimum absolute atomic E-state index is 0.242. The molecule has 0 amide bonds. The summed E-state index contributed by atoms with van der Waals surface area (Å²) in [6.45, 7) is 4.15. The Hall–Kier alpha value is -1.32. The van der Waals surface area contributed by atoms with Crippen LogP contribution in [0.2, 0.25) is 0 Å². The summed E-state index contributed by atoms with van der Waals surface area (Å²) in [5, 5.41) is 6.52. The van der Waals surface area contributed by atoms with E-state index in [2.05, 4.69) is 27.5 Å². The first kappa shape index (κ1) is 10.2. The van der Waals surface area contributed by atoms with Crippen molar-refractivity contribution in [1.82, 2.24) is 9.97 Å². The van der Waals surface area contributed by atoms with Gasteiger partial charge in [-0.05, 0) is 33.1 Å². The molecule has 2 N–H and O–H groups in total. The molecule has 0 radical (unpaired) electrons. The summed E-state index contributed by atoms with van der Waals surface area (Å²) in [4.78, 5) is 8.65. The van der Waals surface area contributed by atoms with E-state index in [9.17, 15) is 0 Å². The second-order valence-corrected chi connectivity index (χ2v) is 4.47. The van der Waals surface area contributed by atoms with Crippen molar-refractivity contribution in [3.63, 3.8) is 0 Å². The highest BCUT2D eigenvalue weighted by Crippen LogP contribution is 2.34. The number of nitrogens with one attached hydrogen (secondary N) is 2. The Morgan fingerprint density at radius 1 is 1.27 bits per heavy atom. The van der Waals surface area contributed by atoms with Crippen LogP contribution < -0.4 is 10.6 Å². The normalized spacial score (nSPS) is 18.1. The van der Waals surface area contributed by atoms with Gasteiger partial charge in [0.15, 0.2) is 0 Å². The number of aryl methyl sites for hydroxylation is 1. The molecule has 4 nitrogen and oxygen atoms in total. The van der Waals surface area contributed by atoms with Gasteiger partial charge in [-0.2, -0.15) is 0 Å². The number of nitrogens with zero attached hydrogens (tertiary/aromatic N) is 2. The van der Waals surface area contributed by atoms with Crippen molar-refractivity contribution in [3.05, 3.63) is 11.9 Å². The molecule has 0 atom stereocenters. The lowest BCUT2D eigenvalue weighted by atomic mass is 9.78. The molecule has 15 heavy (non-hydrogen) atoms. The standard InChI is InChI=1S/C11H18N4/c1-8-13-9(12-3)7-10(14-8)15-11(2)5-4-6-11/h7H,4-6H2,1-3H3,(H2,12,13,14,15). The molecular weight excluding hydrogens is 188 g/mol. The fourth-order valence-corrected chi connectivity index (χ4v) is 1.90. The summed E-state index contributed by atoms with van der Waals surface area (Å²) in [6.07, 6.45) is 3.77. The van der Waals surface area contributed by atoms with Gasteiger partial charge in [0.2, 0.25) is 0 Å². The molecule has 82 valence electrons. The van der Waals surface area contributed by atoms with Crippen molar-refractivity contribution >= 4 is 11.6 Å². The lowest BCUT2D eigenvalue weighted by Crippen LogP contribution is -2.41. The Morgan fingerprint density at radius 2 is 1.93 bits per heavy atom. The van der Waals surface area contributed by atoms with Crippen molar-refractivity contribution in [3.8, 4) is 0 Å². The van der Waals surface area contributed by atoms with Crippen LogP contribution in [0.1, 0.15) is 32.0 Å². The lowest BCUT2D eigenvalue weighted by molar-refractivity contribution is 0.305. The van der Waals surface area contributed by atoms with Crippen molar-refractivity contribution in [2.45, 2.75) is 38.6 Å². The molecule has 1 aliphatic rings. The van der Waals surface area contributed by atoms with Gasteiger partial charge in [0, 0.05) is 18.7 Å². The first-order valence-corrected chi connectivity index (χ1v) is 5.43. The Labute approximate surface area is 90.5 Å². The van der Waals surface area contributed by atoms with Crippen LogP contribution in [0.4, 0.5) is 11.6 Å². The van der Waals surface area contributed by atoms with Crippen LogP contribution >= 0.6 is 0 Å². The Balaban J connectivity index is 2.16. The molecule has 0 spiro atoms. The number of hydrogen-bond acceptors (Lipinski definition) is 4. The Kier molecular flexibility index (Phi) is 2.50. The molecule has 1 aliphatic carbocycles. The Bertz CT molecular complexity index is 358. The summed E-state index contributed by atoms with van der Waals surface area (Å²) >= 11 is 0. The third kappa shape index (κ3) is 2.19. The van der Waals surface area contributed by atoms with Crippen LogP contribution in [-0.2, 0) is 0 Å². The molecule has 0 saturated heterocycles. The molecular formula is C11H18N4. The van der Waals surface area contributed by atoms with Crippen LogP contribution in [0.15, 0.2) is 6.07 Å². The van der Waals surface area contributed by atoms with Crippen LogP contribution in [0.25, 0.3) is 0 Å². The van der Waals surface area contributed by atoms with E-state index < -0.39 is 0 Å². The van der Waals surface area contributed by atoms with E-state index >= 15 is 0 Å². The fourth-order valence-electron chi connectivity index (χ4n) is 1.90. The first-order chi connectivity index (χ1) is 7.11. The third-order valence-electron chi connectivity index (χ3n) is 2.98. The third-order valence-corrected chi connectivity index (χ3v) is 2.98. The summed E-state index contributed by atoms with van der Waals surface area (Å²) in [5.74, 6) is 2.59. The van der Waals surface area contributed by atoms with E-state index in [1.807, 2.05) is 20.0 Å². The smallest absolute Gasteiger partial charge is 0.132 e. The van der Waals surface area contributed by atoms with Gasteiger partial charge in [-0.25, -0.2) is 9.97 Å². The van der Waals surface area contributed by atoms with Gasteiger partial charge in [-0.3, -0.25) is 0 Å². The maximum atomic E-state index is 4.39. The Morgan fingerprint density at radius 3 is 2.47 bits per heavy atom. The van der Waals surface area contributed by atoms with E-state index in [1.54, 1.807) is 0 Å². The highest BCUT2D eigenvalue weighted by Gasteiger charge is 2.31. The quantitative estimate of drug-likeness (QED) is 0.796. The first-order valence-electron chi connectivity index (χ1n) is 5.43. The van der Waals surface area contributed by atoms with Crippen molar-refractivity contribution in [2.24, 2.45) is 0 Å². The average Bonchev–Trinajstić information content (AvgIpc) is 2.14. The zero-order valence-electron chi connectivity index (χ0n) is 9.59. The zero-order chi connectivity index (χ0) is 10.9.